The molecule has 2 unspecified atom stereocenters. The van der Waals surface area contributed by atoms with Gasteiger partial charge in [-0.1, -0.05) is 6.92 Å². The Morgan fingerprint density at radius 1 is 1.67 bits per heavy atom. The van der Waals surface area contributed by atoms with Gasteiger partial charge in [0.05, 0.1) is 5.54 Å². The zero-order valence-corrected chi connectivity index (χ0v) is 7.22. The molecule has 1 amide bonds. The molecule has 2 N–H and O–H groups in total. The number of cyclic esters (lactones) is 1. The maximum Gasteiger partial charge on any atom is 0.407 e. The van der Waals surface area contributed by atoms with Gasteiger partial charge in [-0.2, -0.15) is 0 Å². The van der Waals surface area contributed by atoms with E-state index >= 15 is 0 Å². The van der Waals surface area contributed by atoms with E-state index in [1.54, 1.807) is 0 Å². The fourth-order valence-electron chi connectivity index (χ4n) is 1.94. The average molecular weight is 170 g/mol. The van der Waals surface area contributed by atoms with Gasteiger partial charge in [0.25, 0.3) is 0 Å². The molecule has 4 heteroatoms. The number of piperidine rings is 1. The molecule has 68 valence electrons. The average Bonchev–Trinajstić information content (AvgIpc) is 2.41. The SMILES string of the molecule is CC1CNCCC12COC(=O)N2. The van der Waals surface area contributed by atoms with Crippen molar-refractivity contribution in [3.63, 3.8) is 0 Å². The van der Waals surface area contributed by atoms with Crippen molar-refractivity contribution in [2.24, 2.45) is 5.92 Å². The van der Waals surface area contributed by atoms with Gasteiger partial charge < -0.3 is 15.4 Å². The molecular weight excluding hydrogens is 156 g/mol. The Balaban J connectivity index is 2.12. The first-order valence-electron chi connectivity index (χ1n) is 4.39. The minimum Gasteiger partial charge on any atom is -0.447 e. The Hall–Kier alpha value is -0.770. The van der Waals surface area contributed by atoms with Crippen LogP contribution in [0, 0.1) is 5.92 Å². The van der Waals surface area contributed by atoms with Crippen molar-refractivity contribution < 1.29 is 9.53 Å². The van der Waals surface area contributed by atoms with Gasteiger partial charge in [0.1, 0.15) is 6.61 Å². The second kappa shape index (κ2) is 2.62. The van der Waals surface area contributed by atoms with Crippen LogP contribution in [0.4, 0.5) is 4.79 Å². The van der Waals surface area contributed by atoms with Crippen molar-refractivity contribution >= 4 is 6.09 Å². The summed E-state index contributed by atoms with van der Waals surface area (Å²) in [4.78, 5) is 10.9. The molecular formula is C8H14N2O2. The van der Waals surface area contributed by atoms with Crippen LogP contribution in [0.25, 0.3) is 0 Å². The van der Waals surface area contributed by atoms with Crippen LogP contribution in [0.5, 0.6) is 0 Å². The third-order valence-electron chi connectivity index (χ3n) is 2.95. The fourth-order valence-corrected chi connectivity index (χ4v) is 1.94. The van der Waals surface area contributed by atoms with Gasteiger partial charge in [-0.3, -0.25) is 0 Å². The lowest BCUT2D eigenvalue weighted by molar-refractivity contribution is 0.146. The van der Waals surface area contributed by atoms with Gasteiger partial charge in [-0.05, 0) is 18.9 Å². The molecule has 12 heavy (non-hydrogen) atoms. The smallest absolute Gasteiger partial charge is 0.407 e. The van der Waals surface area contributed by atoms with Gasteiger partial charge in [0.2, 0.25) is 0 Å². The molecule has 0 saturated carbocycles. The van der Waals surface area contributed by atoms with E-state index in [0.717, 1.165) is 19.5 Å². The van der Waals surface area contributed by atoms with Gasteiger partial charge in [-0.25, -0.2) is 4.79 Å². The number of hydrogen-bond donors (Lipinski definition) is 2. The van der Waals surface area contributed by atoms with E-state index in [2.05, 4.69) is 17.6 Å². The molecule has 2 rings (SSSR count). The van der Waals surface area contributed by atoms with Crippen LogP contribution >= 0.6 is 0 Å². The molecule has 0 aromatic carbocycles. The first-order chi connectivity index (χ1) is 5.73. The Morgan fingerprint density at radius 2 is 2.50 bits per heavy atom. The third-order valence-corrected chi connectivity index (χ3v) is 2.95. The van der Waals surface area contributed by atoms with Crippen molar-refractivity contribution in [2.75, 3.05) is 19.7 Å². The van der Waals surface area contributed by atoms with E-state index in [-0.39, 0.29) is 11.6 Å². The predicted molar refractivity (Wildman–Crippen MR) is 43.9 cm³/mol. The highest BCUT2D eigenvalue weighted by Gasteiger charge is 2.45. The molecule has 2 aliphatic rings. The van der Waals surface area contributed by atoms with Gasteiger partial charge in [0.15, 0.2) is 0 Å². The molecule has 2 fully saturated rings. The van der Waals surface area contributed by atoms with Crippen molar-refractivity contribution in [3.05, 3.63) is 0 Å². The van der Waals surface area contributed by atoms with Crippen LogP contribution in [0.2, 0.25) is 0 Å². The quantitative estimate of drug-likeness (QED) is 0.542. The lowest BCUT2D eigenvalue weighted by Crippen LogP contribution is -2.57. The summed E-state index contributed by atoms with van der Waals surface area (Å²) < 4.78 is 4.94. The molecule has 4 nitrogen and oxygen atoms in total. The zero-order valence-electron chi connectivity index (χ0n) is 7.22. The maximum absolute atomic E-state index is 10.9. The fraction of sp³-hybridized carbons (Fsp3) is 0.875. The summed E-state index contributed by atoms with van der Waals surface area (Å²) in [7, 11) is 0. The normalized spacial score (nSPS) is 41.1. The first kappa shape index (κ1) is 7.86. The summed E-state index contributed by atoms with van der Waals surface area (Å²) in [6, 6.07) is 0. The van der Waals surface area contributed by atoms with E-state index in [1.807, 2.05) is 0 Å². The van der Waals surface area contributed by atoms with Crippen LogP contribution < -0.4 is 10.6 Å². The third kappa shape index (κ3) is 1.06. The molecule has 1 spiro atoms. The minimum atomic E-state index is -0.260. The van der Waals surface area contributed by atoms with Crippen molar-refractivity contribution in [3.8, 4) is 0 Å². The monoisotopic (exact) mass is 170 g/mol. The highest BCUT2D eigenvalue weighted by Crippen LogP contribution is 2.28. The van der Waals surface area contributed by atoms with Gasteiger partial charge in [-0.15, -0.1) is 0 Å². The van der Waals surface area contributed by atoms with Gasteiger partial charge >= 0.3 is 6.09 Å². The number of amides is 1. The number of hydrogen-bond acceptors (Lipinski definition) is 3. The van der Waals surface area contributed by atoms with Crippen molar-refractivity contribution in [1.29, 1.82) is 0 Å². The van der Waals surface area contributed by atoms with Crippen molar-refractivity contribution in [1.82, 2.24) is 10.6 Å². The van der Waals surface area contributed by atoms with E-state index in [1.165, 1.54) is 0 Å². The van der Waals surface area contributed by atoms with Crippen molar-refractivity contribution in [2.45, 2.75) is 18.9 Å². The number of alkyl carbamates (subject to hydrolysis) is 1. The summed E-state index contributed by atoms with van der Waals surface area (Å²) in [6.07, 6.45) is 0.712. The molecule has 2 heterocycles. The molecule has 2 aliphatic heterocycles. The lowest BCUT2D eigenvalue weighted by Gasteiger charge is -2.37. The van der Waals surface area contributed by atoms with E-state index < -0.39 is 0 Å². The summed E-state index contributed by atoms with van der Waals surface area (Å²) in [5.41, 5.74) is -0.0810. The number of nitrogens with one attached hydrogen (secondary N) is 2. The highest BCUT2D eigenvalue weighted by atomic mass is 16.6. The van der Waals surface area contributed by atoms with Gasteiger partial charge in [0, 0.05) is 6.54 Å². The Labute approximate surface area is 71.7 Å². The largest absolute Gasteiger partial charge is 0.447 e. The molecule has 0 aromatic heterocycles. The summed E-state index contributed by atoms with van der Waals surface area (Å²) >= 11 is 0. The summed E-state index contributed by atoms with van der Waals surface area (Å²) in [6.45, 7) is 4.60. The van der Waals surface area contributed by atoms with Crippen LogP contribution in [0.3, 0.4) is 0 Å². The summed E-state index contributed by atoms with van der Waals surface area (Å²) in [5, 5.41) is 6.21. The molecule has 0 aromatic rings. The van der Waals surface area contributed by atoms with E-state index in [9.17, 15) is 4.79 Å². The molecule has 2 atom stereocenters. The Bertz CT molecular complexity index is 207. The second-order valence-corrected chi connectivity index (χ2v) is 3.71. The molecule has 0 bridgehead atoms. The number of ether oxygens (including phenoxy) is 1. The highest BCUT2D eigenvalue weighted by molar-refractivity contribution is 5.70. The minimum absolute atomic E-state index is 0.0810. The predicted octanol–water partition coefficient (Wildman–Crippen LogP) is 0.0944. The van der Waals surface area contributed by atoms with E-state index in [0.29, 0.717) is 12.5 Å². The van der Waals surface area contributed by atoms with Crippen LogP contribution in [0.1, 0.15) is 13.3 Å². The van der Waals surface area contributed by atoms with Crippen LogP contribution in [-0.2, 0) is 4.74 Å². The summed E-state index contributed by atoms with van der Waals surface area (Å²) in [5.74, 6) is 0.456. The lowest BCUT2D eigenvalue weighted by atomic mass is 9.81. The topological polar surface area (TPSA) is 50.4 Å². The number of carbonyl (C=O) groups is 1. The Morgan fingerprint density at radius 3 is 3.08 bits per heavy atom. The number of rotatable bonds is 0. The molecule has 0 radical (unpaired) electrons. The van der Waals surface area contributed by atoms with E-state index in [4.69, 9.17) is 4.74 Å². The second-order valence-electron chi connectivity index (χ2n) is 3.71. The number of carbonyl (C=O) groups excluding carboxylic acids is 1. The molecule has 2 saturated heterocycles. The molecule has 0 aliphatic carbocycles. The maximum atomic E-state index is 10.9. The first-order valence-corrected chi connectivity index (χ1v) is 4.39. The zero-order chi connectivity index (χ0) is 8.60. The van der Waals surface area contributed by atoms with Crippen LogP contribution in [-0.4, -0.2) is 31.3 Å². The Kier molecular flexibility index (Phi) is 1.72. The van der Waals surface area contributed by atoms with Crippen LogP contribution in [0.15, 0.2) is 0 Å². The standard InChI is InChI=1S/C8H14N2O2/c1-6-4-9-3-2-8(6)5-12-7(11)10-8/h6,9H,2-5H2,1H3,(H,10,11).